The number of hydrogen-bond donors (Lipinski definition) is 1. The van der Waals surface area contributed by atoms with Gasteiger partial charge in [-0.2, -0.15) is 11.3 Å². The van der Waals surface area contributed by atoms with Crippen LogP contribution in [0.4, 0.5) is 0 Å². The van der Waals surface area contributed by atoms with Gasteiger partial charge in [-0.05, 0) is 47.1 Å². The molecular weight excluding hydrogens is 264 g/mol. The smallest absolute Gasteiger partial charge is 0.0245 e. The van der Waals surface area contributed by atoms with E-state index < -0.39 is 0 Å². The Morgan fingerprint density at radius 3 is 2.70 bits per heavy atom. The highest BCUT2D eigenvalue weighted by Gasteiger charge is 2.34. The lowest BCUT2D eigenvalue weighted by Gasteiger charge is -2.36. The van der Waals surface area contributed by atoms with Crippen LogP contribution in [-0.4, -0.2) is 30.1 Å². The molecule has 1 aromatic heterocycles. The zero-order valence-corrected chi connectivity index (χ0v) is 14.3. The van der Waals surface area contributed by atoms with E-state index in [1.807, 2.05) is 11.3 Å². The highest BCUT2D eigenvalue weighted by atomic mass is 32.1. The van der Waals surface area contributed by atoms with Crippen LogP contribution < -0.4 is 5.32 Å². The van der Waals surface area contributed by atoms with E-state index in [9.17, 15) is 0 Å². The van der Waals surface area contributed by atoms with E-state index in [0.717, 1.165) is 19.1 Å². The van der Waals surface area contributed by atoms with Crippen LogP contribution in [0.25, 0.3) is 0 Å². The van der Waals surface area contributed by atoms with Crippen molar-refractivity contribution < 1.29 is 0 Å². The average molecular weight is 295 g/mol. The van der Waals surface area contributed by atoms with Gasteiger partial charge in [0, 0.05) is 31.7 Å². The highest BCUT2D eigenvalue weighted by molar-refractivity contribution is 7.07. The zero-order chi connectivity index (χ0) is 14.6. The summed E-state index contributed by atoms with van der Waals surface area (Å²) in [5.74, 6) is 0. The van der Waals surface area contributed by atoms with Crippen molar-refractivity contribution in [3.63, 3.8) is 0 Å². The Bertz CT molecular complexity index is 384. The zero-order valence-electron chi connectivity index (χ0n) is 13.5. The number of nitrogens with zero attached hydrogens (tertiary/aromatic N) is 1. The molecule has 0 spiro atoms. The summed E-state index contributed by atoms with van der Waals surface area (Å²) in [5, 5.41) is 8.13. The number of thiophene rings is 1. The molecule has 1 aliphatic carbocycles. The maximum absolute atomic E-state index is 3.64. The largest absolute Gasteiger partial charge is 0.314 e. The molecule has 1 unspecified atom stereocenters. The van der Waals surface area contributed by atoms with E-state index >= 15 is 0 Å². The first kappa shape index (κ1) is 16.0. The molecule has 1 heterocycles. The van der Waals surface area contributed by atoms with Crippen LogP contribution in [-0.2, 0) is 6.54 Å². The molecular formula is C17H30N2S. The third-order valence-electron chi connectivity index (χ3n) is 4.40. The molecule has 1 N–H and O–H groups in total. The first-order valence-corrected chi connectivity index (χ1v) is 8.95. The second-order valence-corrected chi connectivity index (χ2v) is 7.75. The maximum Gasteiger partial charge on any atom is 0.0245 e. The molecule has 0 saturated heterocycles. The molecule has 0 bridgehead atoms. The molecule has 1 aliphatic rings. The lowest BCUT2D eigenvalue weighted by atomic mass is 9.86. The molecule has 0 amide bonds. The van der Waals surface area contributed by atoms with Gasteiger partial charge in [0.05, 0.1) is 0 Å². The lowest BCUT2D eigenvalue weighted by Crippen LogP contribution is -2.44. The summed E-state index contributed by atoms with van der Waals surface area (Å²) in [7, 11) is 0. The first-order valence-electron chi connectivity index (χ1n) is 8.01. The molecule has 3 heteroatoms. The van der Waals surface area contributed by atoms with Crippen LogP contribution in [0, 0.1) is 5.41 Å². The van der Waals surface area contributed by atoms with Crippen LogP contribution in [0.3, 0.4) is 0 Å². The van der Waals surface area contributed by atoms with Gasteiger partial charge < -0.3 is 5.32 Å². The van der Waals surface area contributed by atoms with Crippen molar-refractivity contribution >= 4 is 11.3 Å². The quantitative estimate of drug-likeness (QED) is 0.737. The fourth-order valence-corrected chi connectivity index (χ4v) is 3.26. The van der Waals surface area contributed by atoms with Crippen molar-refractivity contribution in [3.8, 4) is 0 Å². The molecule has 1 atom stereocenters. The normalized spacial score (nSPS) is 18.7. The number of nitrogens with one attached hydrogen (secondary N) is 1. The van der Waals surface area contributed by atoms with E-state index in [2.05, 4.69) is 54.7 Å². The van der Waals surface area contributed by atoms with Crippen LogP contribution in [0.5, 0.6) is 0 Å². The van der Waals surface area contributed by atoms with Gasteiger partial charge in [0.2, 0.25) is 0 Å². The van der Waals surface area contributed by atoms with Gasteiger partial charge in [-0.15, -0.1) is 0 Å². The molecule has 114 valence electrons. The molecule has 1 fully saturated rings. The standard InChI is InChI=1S/C17H30N2S/c1-5-17(4,12-18-14(2)3)13-19(16-6-7-16)10-15-8-9-20-11-15/h8-9,11,14,16,18H,5-7,10,12-13H2,1-4H3. The second kappa shape index (κ2) is 7.06. The monoisotopic (exact) mass is 294 g/mol. The topological polar surface area (TPSA) is 15.3 Å². The Morgan fingerprint density at radius 1 is 1.45 bits per heavy atom. The molecule has 0 aromatic carbocycles. The van der Waals surface area contributed by atoms with Gasteiger partial charge in [-0.25, -0.2) is 0 Å². The minimum atomic E-state index is 0.378. The van der Waals surface area contributed by atoms with Crippen molar-refractivity contribution in [1.29, 1.82) is 0 Å². The molecule has 2 nitrogen and oxygen atoms in total. The Labute approximate surface area is 128 Å². The van der Waals surface area contributed by atoms with Crippen LogP contribution in [0.1, 0.15) is 52.5 Å². The van der Waals surface area contributed by atoms with Crippen molar-refractivity contribution in [2.45, 2.75) is 65.6 Å². The Hall–Kier alpha value is -0.380. The Kier molecular flexibility index (Phi) is 5.65. The van der Waals surface area contributed by atoms with Crippen molar-refractivity contribution in [2.24, 2.45) is 5.41 Å². The highest BCUT2D eigenvalue weighted by Crippen LogP contribution is 2.33. The van der Waals surface area contributed by atoms with Gasteiger partial charge in [-0.3, -0.25) is 4.90 Å². The second-order valence-electron chi connectivity index (χ2n) is 6.97. The Balaban J connectivity index is 1.94. The van der Waals surface area contributed by atoms with Crippen molar-refractivity contribution in [3.05, 3.63) is 22.4 Å². The van der Waals surface area contributed by atoms with Crippen LogP contribution in [0.2, 0.25) is 0 Å². The number of hydrogen-bond acceptors (Lipinski definition) is 3. The molecule has 1 saturated carbocycles. The summed E-state index contributed by atoms with van der Waals surface area (Å²) in [5.41, 5.74) is 1.86. The Morgan fingerprint density at radius 2 is 2.20 bits per heavy atom. The van der Waals surface area contributed by atoms with E-state index in [4.69, 9.17) is 0 Å². The fraction of sp³-hybridized carbons (Fsp3) is 0.765. The van der Waals surface area contributed by atoms with E-state index in [0.29, 0.717) is 11.5 Å². The van der Waals surface area contributed by atoms with Gasteiger partial charge in [0.15, 0.2) is 0 Å². The van der Waals surface area contributed by atoms with Crippen molar-refractivity contribution in [2.75, 3.05) is 13.1 Å². The average Bonchev–Trinajstić information content (AvgIpc) is 3.15. The third-order valence-corrected chi connectivity index (χ3v) is 5.14. The molecule has 0 radical (unpaired) electrons. The van der Waals surface area contributed by atoms with Gasteiger partial charge >= 0.3 is 0 Å². The van der Waals surface area contributed by atoms with Gasteiger partial charge in [0.25, 0.3) is 0 Å². The van der Waals surface area contributed by atoms with Gasteiger partial charge in [0.1, 0.15) is 0 Å². The van der Waals surface area contributed by atoms with E-state index in [1.54, 1.807) is 0 Å². The minimum Gasteiger partial charge on any atom is -0.314 e. The van der Waals surface area contributed by atoms with E-state index in [-0.39, 0.29) is 0 Å². The summed E-state index contributed by atoms with van der Waals surface area (Å²) >= 11 is 1.81. The van der Waals surface area contributed by atoms with Crippen molar-refractivity contribution in [1.82, 2.24) is 10.2 Å². The lowest BCUT2D eigenvalue weighted by molar-refractivity contribution is 0.139. The van der Waals surface area contributed by atoms with E-state index in [1.165, 1.54) is 31.4 Å². The number of rotatable bonds is 9. The molecule has 0 aliphatic heterocycles. The predicted molar refractivity (Wildman–Crippen MR) is 89.3 cm³/mol. The SMILES string of the molecule is CCC(C)(CNC(C)C)CN(Cc1ccsc1)C1CC1. The summed E-state index contributed by atoms with van der Waals surface area (Å²) in [6.45, 7) is 12.7. The van der Waals surface area contributed by atoms with Gasteiger partial charge in [-0.1, -0.05) is 27.7 Å². The molecule has 1 aromatic rings. The summed E-state index contributed by atoms with van der Waals surface area (Å²) in [6, 6.07) is 3.68. The van der Waals surface area contributed by atoms with Crippen LogP contribution >= 0.6 is 11.3 Å². The minimum absolute atomic E-state index is 0.378. The third kappa shape index (κ3) is 4.87. The van der Waals surface area contributed by atoms with Crippen LogP contribution in [0.15, 0.2) is 16.8 Å². The predicted octanol–water partition coefficient (Wildman–Crippen LogP) is 4.13. The molecule has 20 heavy (non-hydrogen) atoms. The summed E-state index contributed by atoms with van der Waals surface area (Å²) in [6.07, 6.45) is 4.02. The molecule has 2 rings (SSSR count). The maximum atomic E-state index is 3.64. The fourth-order valence-electron chi connectivity index (χ4n) is 2.60. The summed E-state index contributed by atoms with van der Waals surface area (Å²) in [4.78, 5) is 2.72. The first-order chi connectivity index (χ1) is 9.52. The summed E-state index contributed by atoms with van der Waals surface area (Å²) < 4.78 is 0.